The Hall–Kier alpha value is -2.94. The molecule has 6 unspecified atom stereocenters. The van der Waals surface area contributed by atoms with Crippen molar-refractivity contribution in [3.63, 3.8) is 0 Å². The van der Waals surface area contributed by atoms with Crippen molar-refractivity contribution in [2.75, 3.05) is 46.4 Å². The fourth-order valence-corrected chi connectivity index (χ4v) is 18.1. The lowest BCUT2D eigenvalue weighted by molar-refractivity contribution is -0.195. The zero-order chi connectivity index (χ0) is 50.0. The quantitative estimate of drug-likeness (QED) is 0.249. The van der Waals surface area contributed by atoms with Crippen molar-refractivity contribution in [2.24, 2.45) is 91.7 Å². The summed E-state index contributed by atoms with van der Waals surface area (Å²) in [4.78, 5) is 84.0. The number of rotatable bonds is 5. The molecule has 14 heteroatoms. The third kappa shape index (κ3) is 8.07. The number of hydrogen-bond acceptors (Lipinski definition) is 12. The van der Waals surface area contributed by atoms with E-state index in [9.17, 15) is 33.9 Å². The van der Waals surface area contributed by atoms with Crippen LogP contribution in [0.1, 0.15) is 146 Å². The van der Waals surface area contributed by atoms with Gasteiger partial charge in [0, 0.05) is 73.7 Å². The first kappa shape index (κ1) is 51.0. The number of ether oxygens (including phenoxy) is 3. The Bertz CT molecular complexity index is 2080. The van der Waals surface area contributed by atoms with Gasteiger partial charge in [0.15, 0.2) is 0 Å². The van der Waals surface area contributed by atoms with Crippen LogP contribution < -0.4 is 10.6 Å². The first-order valence-corrected chi connectivity index (χ1v) is 27.1. The minimum atomic E-state index is -0.707. The number of piperidine rings is 2. The molecule has 14 nitrogen and oxygen atoms in total. The standard InChI is InChI=1S/C28H44N2O5.C27H42N2O5/c1-16-7-10-28-11-8-20(34-6)22(28)27(16,5)21(13-26(3,4)23(31)17(28)2)35-25(33)29-24(32)19-15-30-12-9-18(19)14-30;1-15-6-9-27-10-7-19(30)21(27)26(15,5)20(12-25(3,4)22(31)16(27)2)34-24(33)28-23(32)18-14-29-11-8-17(18)13-29/h16-22H,7-15H2,1-6H3,(H,29,32,33);15-18,20-22,31H,6-14H2,1-5H3,(H,28,32,33)/t16-,17+,18-,19+,20-,21-,22?,27+,28?;15-,16+,17-,18+,20-,21?,22+,26+,27?/m11/s1. The maximum absolute atomic E-state index is 13.8. The number of carbonyl (C=O) groups is 6. The number of methoxy groups -OCH3 is 1. The van der Waals surface area contributed by atoms with Crippen molar-refractivity contribution >= 4 is 35.6 Å². The second kappa shape index (κ2) is 17.9. The summed E-state index contributed by atoms with van der Waals surface area (Å²) in [5.74, 6) is 0.715. The number of fused-ring (bicyclic) bond motifs is 4. The van der Waals surface area contributed by atoms with Crippen LogP contribution in [0.2, 0.25) is 0 Å². The van der Waals surface area contributed by atoms with Gasteiger partial charge in [-0.2, -0.15) is 0 Å². The van der Waals surface area contributed by atoms with E-state index in [1.807, 2.05) is 27.7 Å². The first-order valence-electron chi connectivity index (χ1n) is 27.1. The molecular weight excluding hydrogens is 877 g/mol. The Kier molecular flexibility index (Phi) is 13.2. The van der Waals surface area contributed by atoms with Crippen LogP contribution in [-0.4, -0.2) is 121 Å². The number of amides is 4. The van der Waals surface area contributed by atoms with Gasteiger partial charge in [0.25, 0.3) is 0 Å². The van der Waals surface area contributed by atoms with E-state index in [4.69, 9.17) is 14.2 Å². The summed E-state index contributed by atoms with van der Waals surface area (Å²) >= 11 is 0. The van der Waals surface area contributed by atoms with Crippen molar-refractivity contribution < 1.29 is 48.1 Å². The van der Waals surface area contributed by atoms with E-state index in [0.29, 0.717) is 43.6 Å². The number of ketones is 2. The number of imide groups is 2. The molecule has 10 rings (SSSR count). The van der Waals surface area contributed by atoms with Crippen LogP contribution in [0.25, 0.3) is 0 Å². The van der Waals surface area contributed by atoms with Gasteiger partial charge in [-0.15, -0.1) is 0 Å². The largest absolute Gasteiger partial charge is 0.445 e. The van der Waals surface area contributed by atoms with Crippen molar-refractivity contribution in [1.29, 1.82) is 0 Å². The van der Waals surface area contributed by atoms with Crippen LogP contribution in [0.3, 0.4) is 0 Å². The number of alkyl carbamates (subject to hydrolysis) is 2. The van der Waals surface area contributed by atoms with E-state index < -0.39 is 46.7 Å². The summed E-state index contributed by atoms with van der Waals surface area (Å²) in [6.07, 6.45) is 7.08. The van der Waals surface area contributed by atoms with E-state index >= 15 is 0 Å². The van der Waals surface area contributed by atoms with Crippen molar-refractivity contribution in [3.8, 4) is 0 Å². The van der Waals surface area contributed by atoms with Crippen molar-refractivity contribution in [1.82, 2.24) is 20.4 Å². The number of aliphatic hydroxyl groups excluding tert-OH is 1. The fraction of sp³-hybridized carbons (Fsp3) is 0.891. The lowest BCUT2D eigenvalue weighted by Gasteiger charge is -2.61. The SMILES string of the molecule is CO[C@@H]1CCC23CC[C@@H](C)[C@](C)(C12)[C@H](OC(=O)NC(=O)[C@H]1CN2CC[C@@H]1C2)CC(C)(C)C(=O)[C@@H]3C.C[C@@H]1CCC23CCC(=O)C2[C@]1(C)[C@H](OC(=O)NC(=O)[C@H]1CN2CC[C@@H]1C2)CC(C)(C)[C@@H](O)[C@@H]3C. The van der Waals surface area contributed by atoms with Gasteiger partial charge < -0.3 is 29.1 Å². The third-order valence-electron chi connectivity index (χ3n) is 22.6. The summed E-state index contributed by atoms with van der Waals surface area (Å²) in [5, 5.41) is 16.6. The summed E-state index contributed by atoms with van der Waals surface area (Å²) in [7, 11) is 1.77. The fourth-order valence-electron chi connectivity index (χ4n) is 18.1. The molecule has 6 aliphatic carbocycles. The Labute approximate surface area is 411 Å². The molecule has 20 atom stereocenters. The second-order valence-corrected chi connectivity index (χ2v) is 26.5. The molecule has 0 aromatic carbocycles. The molecule has 0 radical (unpaired) electrons. The molecule has 0 spiro atoms. The molecule has 0 aromatic heterocycles. The van der Waals surface area contributed by atoms with E-state index in [2.05, 4.69) is 62.0 Å². The van der Waals surface area contributed by atoms with Gasteiger partial charge in [-0.25, -0.2) is 9.59 Å². The number of nitrogens with zero attached hydrogens (tertiary/aromatic N) is 2. The lowest BCUT2D eigenvalue weighted by Crippen LogP contribution is -2.63. The van der Waals surface area contributed by atoms with E-state index in [1.165, 1.54) is 0 Å². The van der Waals surface area contributed by atoms with Crippen LogP contribution in [0.5, 0.6) is 0 Å². The third-order valence-corrected chi connectivity index (χ3v) is 22.6. The van der Waals surface area contributed by atoms with E-state index in [0.717, 1.165) is 90.5 Å². The molecule has 10 fully saturated rings. The Balaban J connectivity index is 0.000000172. The van der Waals surface area contributed by atoms with Crippen LogP contribution in [0.4, 0.5) is 9.59 Å². The smallest absolute Gasteiger partial charge is 0.414 e. The summed E-state index contributed by atoms with van der Waals surface area (Å²) < 4.78 is 18.4. The molecule has 6 saturated carbocycles. The summed E-state index contributed by atoms with van der Waals surface area (Å²) in [6.45, 7) is 26.5. The number of nitrogens with one attached hydrogen (secondary N) is 2. The minimum Gasteiger partial charge on any atom is -0.445 e. The maximum atomic E-state index is 13.8. The van der Waals surface area contributed by atoms with E-state index in [1.54, 1.807) is 7.11 Å². The lowest BCUT2D eigenvalue weighted by atomic mass is 9.44. The normalized spacial score (nSPS) is 48.6. The van der Waals surface area contributed by atoms with Gasteiger partial charge in [-0.3, -0.25) is 29.8 Å². The van der Waals surface area contributed by atoms with E-state index in [-0.39, 0.29) is 87.2 Å². The highest BCUT2D eigenvalue weighted by Gasteiger charge is 2.70. The summed E-state index contributed by atoms with van der Waals surface area (Å²) in [5.41, 5.74) is -2.39. The Morgan fingerprint density at radius 2 is 1.16 bits per heavy atom. The number of carbonyl (C=O) groups excluding carboxylic acids is 6. The highest BCUT2D eigenvalue weighted by atomic mass is 16.6. The van der Waals surface area contributed by atoms with Crippen LogP contribution in [-0.2, 0) is 33.4 Å². The minimum absolute atomic E-state index is 0.00471. The molecule has 0 aromatic rings. The predicted octanol–water partition coefficient (Wildman–Crippen LogP) is 7.43. The van der Waals surface area contributed by atoms with Gasteiger partial charge >= 0.3 is 12.2 Å². The van der Waals surface area contributed by atoms with Gasteiger partial charge in [-0.1, -0.05) is 69.2 Å². The molecule has 4 saturated heterocycles. The summed E-state index contributed by atoms with van der Waals surface area (Å²) in [6, 6.07) is 0. The monoisotopic (exact) mass is 963 g/mol. The highest BCUT2D eigenvalue weighted by Crippen LogP contribution is 2.70. The van der Waals surface area contributed by atoms with Gasteiger partial charge in [0.1, 0.15) is 23.8 Å². The predicted molar refractivity (Wildman–Crippen MR) is 258 cm³/mol. The Morgan fingerprint density at radius 3 is 1.67 bits per heavy atom. The molecule has 3 N–H and O–H groups in total. The first-order chi connectivity index (χ1) is 32.3. The molecule has 69 heavy (non-hydrogen) atoms. The van der Waals surface area contributed by atoms with Gasteiger partial charge in [-0.05, 0) is 130 Å². The Morgan fingerprint density at radius 1 is 0.652 bits per heavy atom. The molecule has 4 aliphatic heterocycles. The molecule has 8 bridgehead atoms. The topological polar surface area (TPSA) is 181 Å². The average molecular weight is 963 g/mol. The van der Waals surface area contributed by atoms with Crippen molar-refractivity contribution in [2.45, 2.75) is 171 Å². The van der Waals surface area contributed by atoms with Gasteiger partial charge in [0.2, 0.25) is 11.8 Å². The molecular formula is C55H86N4O10. The highest BCUT2D eigenvalue weighted by molar-refractivity contribution is 5.94. The average Bonchev–Trinajstić information content (AvgIpc) is 4.18. The van der Waals surface area contributed by atoms with Crippen LogP contribution >= 0.6 is 0 Å². The number of Topliss-reactive ketones (excluding diaryl/α,β-unsaturated/α-hetero) is 2. The number of aliphatic hydroxyl groups is 1. The van der Waals surface area contributed by atoms with Crippen LogP contribution in [0.15, 0.2) is 0 Å². The molecule has 10 aliphatic rings. The maximum Gasteiger partial charge on any atom is 0.414 e. The van der Waals surface area contributed by atoms with Gasteiger partial charge in [0.05, 0.1) is 24.0 Å². The molecule has 386 valence electrons. The zero-order valence-corrected chi connectivity index (χ0v) is 43.8. The van der Waals surface area contributed by atoms with Crippen molar-refractivity contribution in [3.05, 3.63) is 0 Å². The zero-order valence-electron chi connectivity index (χ0n) is 43.8. The second-order valence-electron chi connectivity index (χ2n) is 26.5. The number of hydrogen-bond donors (Lipinski definition) is 3. The molecule has 4 heterocycles. The van der Waals surface area contributed by atoms with Crippen LogP contribution in [0, 0.1) is 91.7 Å². The molecule has 4 amide bonds.